The molecule has 29 heavy (non-hydrogen) atoms. The first-order valence-electron chi connectivity index (χ1n) is 9.18. The minimum absolute atomic E-state index is 0.192. The van der Waals surface area contributed by atoms with E-state index >= 15 is 0 Å². The molecule has 152 valence electrons. The van der Waals surface area contributed by atoms with Gasteiger partial charge < -0.3 is 9.73 Å². The van der Waals surface area contributed by atoms with Gasteiger partial charge in [0.1, 0.15) is 5.76 Å². The monoisotopic (exact) mass is 412 g/mol. The Balaban J connectivity index is 1.75. The fourth-order valence-corrected chi connectivity index (χ4v) is 3.92. The van der Waals surface area contributed by atoms with Gasteiger partial charge in [-0.15, -0.1) is 0 Å². The van der Waals surface area contributed by atoms with Crippen LogP contribution in [0, 0.1) is 13.8 Å². The largest absolute Gasteiger partial charge is 0.467 e. The predicted octanol–water partition coefficient (Wildman–Crippen LogP) is 3.79. The summed E-state index contributed by atoms with van der Waals surface area (Å²) in [6, 6.07) is 16.2. The highest BCUT2D eigenvalue weighted by Gasteiger charge is 2.20. The quantitative estimate of drug-likeness (QED) is 0.640. The number of benzene rings is 2. The molecule has 3 rings (SSSR count). The molecule has 0 aliphatic heterocycles. The number of amides is 1. The second-order valence-corrected chi connectivity index (χ2v) is 8.93. The van der Waals surface area contributed by atoms with Gasteiger partial charge >= 0.3 is 0 Å². The van der Waals surface area contributed by atoms with Gasteiger partial charge in [0, 0.05) is 5.56 Å². The van der Waals surface area contributed by atoms with E-state index < -0.39 is 10.0 Å². The molecule has 1 amide bonds. The molecule has 0 unspecified atom stereocenters. The van der Waals surface area contributed by atoms with Gasteiger partial charge in [0.15, 0.2) is 0 Å². The number of rotatable bonds is 7. The van der Waals surface area contributed by atoms with Crippen molar-refractivity contribution in [1.82, 2.24) is 5.32 Å². The molecule has 6 nitrogen and oxygen atoms in total. The summed E-state index contributed by atoms with van der Waals surface area (Å²) in [5, 5.41) is 2.79. The summed E-state index contributed by atoms with van der Waals surface area (Å²) >= 11 is 0. The lowest BCUT2D eigenvalue weighted by Crippen LogP contribution is -2.30. The number of sulfonamides is 1. The summed E-state index contributed by atoms with van der Waals surface area (Å²) < 4.78 is 31.4. The average Bonchev–Trinajstić information content (AvgIpc) is 3.19. The number of furan rings is 1. The molecule has 0 saturated heterocycles. The molecule has 1 aromatic heterocycles. The van der Waals surface area contributed by atoms with Crippen LogP contribution in [0.4, 0.5) is 5.69 Å². The van der Waals surface area contributed by atoms with E-state index in [2.05, 4.69) is 5.32 Å². The second-order valence-electron chi connectivity index (χ2n) is 7.02. The van der Waals surface area contributed by atoms with E-state index in [4.69, 9.17) is 4.42 Å². The third-order valence-electron chi connectivity index (χ3n) is 4.58. The number of carbonyl (C=O) groups excluding carboxylic acids is 1. The van der Waals surface area contributed by atoms with Gasteiger partial charge in [-0.3, -0.25) is 9.10 Å². The topological polar surface area (TPSA) is 79.6 Å². The van der Waals surface area contributed by atoms with E-state index in [1.807, 2.05) is 32.0 Å². The lowest BCUT2D eigenvalue weighted by molar-refractivity contribution is 0.0948. The van der Waals surface area contributed by atoms with Crippen molar-refractivity contribution in [3.8, 4) is 0 Å². The van der Waals surface area contributed by atoms with Crippen molar-refractivity contribution in [2.75, 3.05) is 10.6 Å². The van der Waals surface area contributed by atoms with Crippen molar-refractivity contribution in [1.29, 1.82) is 0 Å². The fraction of sp³-hybridized carbons (Fsp3) is 0.227. The Morgan fingerprint density at radius 3 is 2.41 bits per heavy atom. The number of carbonyl (C=O) groups is 1. The second kappa shape index (κ2) is 8.53. The molecule has 3 aromatic rings. The summed E-state index contributed by atoms with van der Waals surface area (Å²) in [7, 11) is -3.47. The Bertz CT molecular complexity index is 1090. The van der Waals surface area contributed by atoms with Crippen molar-refractivity contribution < 1.29 is 17.6 Å². The molecule has 7 heteroatoms. The maximum Gasteiger partial charge on any atom is 0.251 e. The highest BCUT2D eigenvalue weighted by atomic mass is 32.2. The van der Waals surface area contributed by atoms with Crippen LogP contribution in [0.2, 0.25) is 0 Å². The number of anilines is 1. The molecule has 0 saturated carbocycles. The van der Waals surface area contributed by atoms with Gasteiger partial charge in [0.25, 0.3) is 5.91 Å². The summed E-state index contributed by atoms with van der Waals surface area (Å²) in [6.45, 7) is 4.32. The minimum Gasteiger partial charge on any atom is -0.467 e. The highest BCUT2D eigenvalue weighted by Crippen LogP contribution is 2.26. The first-order valence-corrected chi connectivity index (χ1v) is 11.0. The molecular weight excluding hydrogens is 388 g/mol. The van der Waals surface area contributed by atoms with Gasteiger partial charge in [-0.25, -0.2) is 8.42 Å². The normalized spacial score (nSPS) is 11.3. The molecular formula is C22H24N2O4S. The predicted molar refractivity (Wildman–Crippen MR) is 113 cm³/mol. The van der Waals surface area contributed by atoms with E-state index in [0.29, 0.717) is 23.6 Å². The number of nitrogens with zero attached hydrogens (tertiary/aromatic N) is 1. The average molecular weight is 413 g/mol. The van der Waals surface area contributed by atoms with Crippen molar-refractivity contribution in [3.63, 3.8) is 0 Å². The van der Waals surface area contributed by atoms with Crippen LogP contribution in [0.3, 0.4) is 0 Å². The fourth-order valence-electron chi connectivity index (χ4n) is 2.98. The van der Waals surface area contributed by atoms with Crippen LogP contribution in [0.15, 0.2) is 65.3 Å². The molecule has 0 fully saturated rings. The van der Waals surface area contributed by atoms with E-state index in [1.54, 1.807) is 42.7 Å². The van der Waals surface area contributed by atoms with Crippen molar-refractivity contribution in [3.05, 3.63) is 88.9 Å². The van der Waals surface area contributed by atoms with E-state index in [0.717, 1.165) is 16.7 Å². The molecule has 0 aliphatic rings. The zero-order valence-corrected chi connectivity index (χ0v) is 17.5. The third-order valence-corrected chi connectivity index (χ3v) is 5.71. The standard InChI is InChI=1S/C22H24N2O4S/c1-16-6-7-17(2)21(13-16)24(29(3,26)27)15-18-8-10-19(11-9-18)22(25)23-14-20-5-4-12-28-20/h4-13H,14-15H2,1-3H3,(H,23,25). The van der Waals surface area contributed by atoms with Crippen LogP contribution < -0.4 is 9.62 Å². The van der Waals surface area contributed by atoms with Crippen molar-refractivity contribution in [2.45, 2.75) is 26.9 Å². The third kappa shape index (κ3) is 5.26. The van der Waals surface area contributed by atoms with Crippen LogP contribution in [-0.2, 0) is 23.1 Å². The van der Waals surface area contributed by atoms with E-state index in [9.17, 15) is 13.2 Å². The molecule has 0 spiro atoms. The Morgan fingerprint density at radius 1 is 1.07 bits per heavy atom. The van der Waals surface area contributed by atoms with Gasteiger partial charge in [0.05, 0.1) is 31.3 Å². The minimum atomic E-state index is -3.47. The van der Waals surface area contributed by atoms with Gasteiger partial charge in [-0.05, 0) is 60.9 Å². The van der Waals surface area contributed by atoms with Gasteiger partial charge in [0.2, 0.25) is 10.0 Å². The number of hydrogen-bond donors (Lipinski definition) is 1. The Hall–Kier alpha value is -3.06. The molecule has 1 heterocycles. The van der Waals surface area contributed by atoms with E-state index in [-0.39, 0.29) is 12.5 Å². The van der Waals surface area contributed by atoms with Gasteiger partial charge in [-0.1, -0.05) is 24.3 Å². The van der Waals surface area contributed by atoms with Crippen LogP contribution in [0.25, 0.3) is 0 Å². The lowest BCUT2D eigenvalue weighted by atomic mass is 10.1. The molecule has 0 bridgehead atoms. The zero-order chi connectivity index (χ0) is 21.0. The number of hydrogen-bond acceptors (Lipinski definition) is 4. The molecule has 0 atom stereocenters. The van der Waals surface area contributed by atoms with Crippen molar-refractivity contribution in [2.24, 2.45) is 0 Å². The Morgan fingerprint density at radius 2 is 1.79 bits per heavy atom. The smallest absolute Gasteiger partial charge is 0.251 e. The summed E-state index contributed by atoms with van der Waals surface area (Å²) in [6.07, 6.45) is 2.75. The molecule has 0 aliphatic carbocycles. The van der Waals surface area contributed by atoms with Crippen LogP contribution in [0.1, 0.15) is 32.8 Å². The van der Waals surface area contributed by atoms with Gasteiger partial charge in [-0.2, -0.15) is 0 Å². The summed E-state index contributed by atoms with van der Waals surface area (Å²) in [5.41, 5.74) is 3.82. The molecule has 1 N–H and O–H groups in total. The first kappa shape index (κ1) is 20.7. The number of aryl methyl sites for hydroxylation is 2. The maximum absolute atomic E-state index is 12.4. The maximum atomic E-state index is 12.4. The highest BCUT2D eigenvalue weighted by molar-refractivity contribution is 7.92. The van der Waals surface area contributed by atoms with Crippen molar-refractivity contribution >= 4 is 21.6 Å². The summed E-state index contributed by atoms with van der Waals surface area (Å²) in [5.74, 6) is 0.453. The number of nitrogens with one attached hydrogen (secondary N) is 1. The van der Waals surface area contributed by atoms with E-state index in [1.165, 1.54) is 10.6 Å². The van der Waals surface area contributed by atoms with Crippen LogP contribution in [0.5, 0.6) is 0 Å². The Labute approximate surface area is 171 Å². The lowest BCUT2D eigenvalue weighted by Gasteiger charge is -2.25. The first-order chi connectivity index (χ1) is 13.7. The molecule has 0 radical (unpaired) electrons. The Kier molecular flexibility index (Phi) is 6.08. The van der Waals surface area contributed by atoms with Crippen LogP contribution in [-0.4, -0.2) is 20.6 Å². The summed E-state index contributed by atoms with van der Waals surface area (Å²) in [4.78, 5) is 12.3. The molecule has 2 aromatic carbocycles. The SMILES string of the molecule is Cc1ccc(C)c(N(Cc2ccc(C(=O)NCc3ccco3)cc2)S(C)(=O)=O)c1. The zero-order valence-electron chi connectivity index (χ0n) is 16.7. The van der Waals surface area contributed by atoms with Crippen LogP contribution >= 0.6 is 0 Å².